The number of pyridine rings is 1. The van der Waals surface area contributed by atoms with Crippen LogP contribution in [0.1, 0.15) is 37.0 Å². The molecule has 194 valence electrons. The zero-order valence-electron chi connectivity index (χ0n) is 21.2. The molecule has 3 aromatic carbocycles. The molecule has 0 saturated heterocycles. The van der Waals surface area contributed by atoms with Crippen molar-refractivity contribution in [3.8, 4) is 22.5 Å². The molecule has 6 rings (SSSR count). The lowest BCUT2D eigenvalue weighted by atomic mass is 9.94. The number of anilines is 1. The van der Waals surface area contributed by atoms with Gasteiger partial charge in [-0.1, -0.05) is 78.3 Å². The predicted octanol–water partition coefficient (Wildman–Crippen LogP) is 8.36. The SMILES string of the molecule is C[C@@H](OC(=O)Nc1c(-c2ccc(-c3ccc(C4(C=O)CC4)cc3)cc2)oc2cnccc12)c1ccccc1Cl. The maximum atomic E-state index is 12.9. The van der Waals surface area contributed by atoms with Crippen LogP contribution in [0.2, 0.25) is 5.02 Å². The van der Waals surface area contributed by atoms with Crippen molar-refractivity contribution in [2.24, 2.45) is 0 Å². The Morgan fingerprint density at radius 1 is 1.00 bits per heavy atom. The first-order valence-corrected chi connectivity index (χ1v) is 13.1. The van der Waals surface area contributed by atoms with Gasteiger partial charge in [0.15, 0.2) is 11.3 Å². The third-order valence-electron chi connectivity index (χ3n) is 7.30. The minimum Gasteiger partial charge on any atom is -0.452 e. The molecule has 1 aliphatic carbocycles. The molecule has 0 bridgehead atoms. The minimum absolute atomic E-state index is 0.283. The molecule has 39 heavy (non-hydrogen) atoms. The van der Waals surface area contributed by atoms with Gasteiger partial charge in [0.1, 0.15) is 12.4 Å². The number of ether oxygens (including phenoxy) is 1. The quantitative estimate of drug-likeness (QED) is 0.211. The van der Waals surface area contributed by atoms with Gasteiger partial charge < -0.3 is 13.9 Å². The van der Waals surface area contributed by atoms with Crippen molar-refractivity contribution in [1.82, 2.24) is 4.98 Å². The van der Waals surface area contributed by atoms with E-state index in [1.807, 2.05) is 66.7 Å². The highest BCUT2D eigenvalue weighted by molar-refractivity contribution is 6.31. The number of hydrogen-bond acceptors (Lipinski definition) is 5. The zero-order valence-corrected chi connectivity index (χ0v) is 21.9. The van der Waals surface area contributed by atoms with Crippen LogP contribution in [0.25, 0.3) is 33.4 Å². The van der Waals surface area contributed by atoms with Crippen LogP contribution in [-0.4, -0.2) is 17.4 Å². The summed E-state index contributed by atoms with van der Waals surface area (Å²) < 4.78 is 11.8. The molecule has 0 aliphatic heterocycles. The van der Waals surface area contributed by atoms with Crippen molar-refractivity contribution in [2.75, 3.05) is 5.32 Å². The lowest BCUT2D eigenvalue weighted by Gasteiger charge is -2.15. The zero-order chi connectivity index (χ0) is 27.0. The summed E-state index contributed by atoms with van der Waals surface area (Å²) in [6, 6.07) is 25.1. The second-order valence-electron chi connectivity index (χ2n) is 9.80. The van der Waals surface area contributed by atoms with Crippen molar-refractivity contribution in [3.05, 3.63) is 107 Å². The van der Waals surface area contributed by atoms with Gasteiger partial charge >= 0.3 is 6.09 Å². The van der Waals surface area contributed by atoms with Gasteiger partial charge in [0.05, 0.1) is 17.3 Å². The van der Waals surface area contributed by atoms with E-state index in [1.165, 1.54) is 0 Å². The Morgan fingerprint density at radius 2 is 1.67 bits per heavy atom. The van der Waals surface area contributed by atoms with E-state index < -0.39 is 12.2 Å². The molecular formula is C32H25ClN2O4. The van der Waals surface area contributed by atoms with Gasteiger partial charge in [0, 0.05) is 27.7 Å². The third kappa shape index (κ3) is 4.79. The van der Waals surface area contributed by atoms with Crippen LogP contribution in [0.4, 0.5) is 10.5 Å². The van der Waals surface area contributed by atoms with Gasteiger partial charge in [-0.15, -0.1) is 0 Å². The summed E-state index contributed by atoms with van der Waals surface area (Å²) in [6.07, 6.45) is 4.99. The largest absolute Gasteiger partial charge is 0.452 e. The summed E-state index contributed by atoms with van der Waals surface area (Å²) >= 11 is 6.28. The standard InChI is InChI=1S/C32H25ClN2O4/c1-20(25-4-2-3-5-27(25)33)38-31(37)35-29-26-14-17-34-18-28(26)39-30(29)23-8-6-21(7-9-23)22-10-12-24(13-11-22)32(19-36)15-16-32/h2-14,17-20H,15-16H2,1H3,(H,35,37)/t20-/m1/s1. The van der Waals surface area contributed by atoms with Gasteiger partial charge in [0.25, 0.3) is 0 Å². The van der Waals surface area contributed by atoms with Crippen LogP contribution in [0, 0.1) is 0 Å². The average Bonchev–Trinajstić information content (AvgIpc) is 3.69. The Morgan fingerprint density at radius 3 is 2.33 bits per heavy atom. The topological polar surface area (TPSA) is 81.4 Å². The van der Waals surface area contributed by atoms with Crippen LogP contribution in [-0.2, 0) is 14.9 Å². The van der Waals surface area contributed by atoms with Gasteiger partial charge in [0.2, 0.25) is 0 Å². The molecule has 1 N–H and O–H groups in total. The molecule has 7 heteroatoms. The number of fused-ring (bicyclic) bond motifs is 1. The molecule has 2 aromatic heterocycles. The molecule has 1 fully saturated rings. The van der Waals surface area contributed by atoms with E-state index in [2.05, 4.69) is 10.3 Å². The van der Waals surface area contributed by atoms with E-state index in [-0.39, 0.29) is 5.41 Å². The summed E-state index contributed by atoms with van der Waals surface area (Å²) in [6.45, 7) is 1.77. The number of aldehydes is 1. The van der Waals surface area contributed by atoms with Crippen LogP contribution in [0.5, 0.6) is 0 Å². The molecular weight excluding hydrogens is 512 g/mol. The number of amides is 1. The first-order valence-electron chi connectivity index (χ1n) is 12.7. The van der Waals surface area contributed by atoms with Gasteiger partial charge in [-0.2, -0.15) is 0 Å². The van der Waals surface area contributed by atoms with Gasteiger partial charge in [-0.3, -0.25) is 10.3 Å². The molecule has 1 amide bonds. The van der Waals surface area contributed by atoms with Gasteiger partial charge in [-0.25, -0.2) is 4.79 Å². The number of nitrogens with one attached hydrogen (secondary N) is 1. The van der Waals surface area contributed by atoms with E-state index in [0.29, 0.717) is 27.4 Å². The monoisotopic (exact) mass is 536 g/mol. The fourth-order valence-electron chi connectivity index (χ4n) is 4.86. The number of carbonyl (C=O) groups excluding carboxylic acids is 2. The fraction of sp³-hybridized carbons (Fsp3) is 0.156. The maximum Gasteiger partial charge on any atom is 0.412 e. The highest BCUT2D eigenvalue weighted by Crippen LogP contribution is 2.46. The second-order valence-corrected chi connectivity index (χ2v) is 10.2. The maximum absolute atomic E-state index is 12.9. The average molecular weight is 537 g/mol. The molecule has 0 spiro atoms. The number of aromatic nitrogens is 1. The molecule has 1 atom stereocenters. The van der Waals surface area contributed by atoms with Crippen molar-refractivity contribution in [2.45, 2.75) is 31.3 Å². The third-order valence-corrected chi connectivity index (χ3v) is 7.65. The van der Waals surface area contributed by atoms with Crippen LogP contribution >= 0.6 is 11.6 Å². The van der Waals surface area contributed by atoms with Crippen molar-refractivity contribution in [3.63, 3.8) is 0 Å². The van der Waals surface area contributed by atoms with Crippen molar-refractivity contribution >= 4 is 40.6 Å². The number of furan rings is 1. The molecule has 6 nitrogen and oxygen atoms in total. The van der Waals surface area contributed by atoms with Crippen molar-refractivity contribution in [1.29, 1.82) is 0 Å². The van der Waals surface area contributed by atoms with Crippen LogP contribution in [0.3, 0.4) is 0 Å². The molecule has 0 radical (unpaired) electrons. The highest BCUT2D eigenvalue weighted by atomic mass is 35.5. The summed E-state index contributed by atoms with van der Waals surface area (Å²) in [5.74, 6) is 0.504. The Hall–Kier alpha value is -4.42. The van der Waals surface area contributed by atoms with E-state index in [0.717, 1.165) is 46.9 Å². The Balaban J connectivity index is 1.26. The number of carbonyl (C=O) groups is 2. The van der Waals surface area contributed by atoms with Crippen LogP contribution in [0.15, 0.2) is 95.7 Å². The highest BCUT2D eigenvalue weighted by Gasteiger charge is 2.44. The molecule has 2 heterocycles. The number of benzene rings is 3. The number of nitrogens with zero attached hydrogens (tertiary/aromatic N) is 1. The smallest absolute Gasteiger partial charge is 0.412 e. The van der Waals surface area contributed by atoms with Crippen LogP contribution < -0.4 is 5.32 Å². The normalized spacial score (nSPS) is 14.5. The Labute approximate surface area is 230 Å². The van der Waals surface area contributed by atoms with Gasteiger partial charge in [-0.05, 0) is 48.6 Å². The van der Waals surface area contributed by atoms with E-state index in [1.54, 1.807) is 31.5 Å². The minimum atomic E-state index is -0.622. The molecule has 5 aromatic rings. The lowest BCUT2D eigenvalue weighted by Crippen LogP contribution is -2.16. The summed E-state index contributed by atoms with van der Waals surface area (Å²) in [4.78, 5) is 28.5. The molecule has 0 unspecified atom stereocenters. The molecule has 1 aliphatic rings. The van der Waals surface area contributed by atoms with E-state index >= 15 is 0 Å². The van der Waals surface area contributed by atoms with E-state index in [9.17, 15) is 9.59 Å². The Kier molecular flexibility index (Phi) is 6.41. The summed E-state index contributed by atoms with van der Waals surface area (Å²) in [7, 11) is 0. The first kappa shape index (κ1) is 24.9. The second kappa shape index (κ2) is 10.0. The van der Waals surface area contributed by atoms with Crippen molar-refractivity contribution < 1.29 is 18.7 Å². The number of rotatable bonds is 7. The lowest BCUT2D eigenvalue weighted by molar-refractivity contribution is -0.109. The Bertz CT molecular complexity index is 1670. The predicted molar refractivity (Wildman–Crippen MR) is 152 cm³/mol. The summed E-state index contributed by atoms with van der Waals surface area (Å²) in [5, 5.41) is 4.12. The number of halogens is 1. The van der Waals surface area contributed by atoms with E-state index in [4.69, 9.17) is 20.8 Å². The fourth-order valence-corrected chi connectivity index (χ4v) is 5.15. The summed E-state index contributed by atoms with van der Waals surface area (Å²) in [5.41, 5.74) is 5.43. The number of hydrogen-bond donors (Lipinski definition) is 1. The molecule has 1 saturated carbocycles. The first-order chi connectivity index (χ1) is 19.0.